The molecule has 1 atom stereocenters. The molecule has 0 radical (unpaired) electrons. The molecule has 3 heteroatoms. The largest absolute Gasteiger partial charge is 0.316 e. The summed E-state index contributed by atoms with van der Waals surface area (Å²) in [5, 5.41) is 3.38. The molecule has 2 fully saturated rings. The van der Waals surface area contributed by atoms with E-state index in [1.807, 2.05) is 0 Å². The van der Waals surface area contributed by atoms with Crippen LogP contribution in [0.25, 0.3) is 0 Å². The molecule has 1 unspecified atom stereocenters. The van der Waals surface area contributed by atoms with Crippen LogP contribution < -0.4 is 5.32 Å². The average molecular weight is 242 g/mol. The zero-order valence-electron chi connectivity index (χ0n) is 11.0. The van der Waals surface area contributed by atoms with Crippen molar-refractivity contribution >= 4 is 11.8 Å². The summed E-state index contributed by atoms with van der Waals surface area (Å²) in [7, 11) is 0. The number of rotatable bonds is 3. The van der Waals surface area contributed by atoms with E-state index in [-0.39, 0.29) is 0 Å². The highest BCUT2D eigenvalue weighted by Crippen LogP contribution is 2.31. The van der Waals surface area contributed by atoms with Crippen LogP contribution in [0.1, 0.15) is 27.2 Å². The summed E-state index contributed by atoms with van der Waals surface area (Å²) in [5.41, 5.74) is 0. The van der Waals surface area contributed by atoms with E-state index in [4.69, 9.17) is 0 Å². The summed E-state index contributed by atoms with van der Waals surface area (Å²) in [6.45, 7) is 13.6. The molecule has 1 N–H and O–H groups in total. The molecule has 0 saturated carbocycles. The Morgan fingerprint density at radius 1 is 1.38 bits per heavy atom. The van der Waals surface area contributed by atoms with Crippen molar-refractivity contribution in [2.24, 2.45) is 11.8 Å². The van der Waals surface area contributed by atoms with Crippen LogP contribution in [0.2, 0.25) is 0 Å². The summed E-state index contributed by atoms with van der Waals surface area (Å²) >= 11 is 2.15. The molecule has 0 amide bonds. The summed E-state index contributed by atoms with van der Waals surface area (Å²) in [6, 6.07) is 0. The van der Waals surface area contributed by atoms with Gasteiger partial charge in [-0.25, -0.2) is 0 Å². The van der Waals surface area contributed by atoms with Crippen molar-refractivity contribution in [2.45, 2.75) is 31.9 Å². The highest BCUT2D eigenvalue weighted by Gasteiger charge is 2.28. The topological polar surface area (TPSA) is 15.3 Å². The molecular formula is C13H26N2S. The molecule has 2 rings (SSSR count). The van der Waals surface area contributed by atoms with Crippen molar-refractivity contribution in [2.75, 3.05) is 38.5 Å². The predicted octanol–water partition coefficient (Wildman–Crippen LogP) is 2.06. The van der Waals surface area contributed by atoms with Gasteiger partial charge >= 0.3 is 0 Å². The molecule has 2 aliphatic rings. The highest BCUT2D eigenvalue weighted by atomic mass is 32.2. The van der Waals surface area contributed by atoms with Crippen LogP contribution in [-0.4, -0.2) is 48.1 Å². The Morgan fingerprint density at radius 2 is 2.12 bits per heavy atom. The normalized spacial score (nSPS) is 29.4. The minimum absolute atomic E-state index is 0.496. The van der Waals surface area contributed by atoms with Gasteiger partial charge < -0.3 is 10.2 Å². The van der Waals surface area contributed by atoms with E-state index >= 15 is 0 Å². The fourth-order valence-electron chi connectivity index (χ4n) is 2.51. The van der Waals surface area contributed by atoms with E-state index < -0.39 is 0 Å². The Kier molecular flexibility index (Phi) is 4.20. The van der Waals surface area contributed by atoms with Crippen molar-refractivity contribution in [3.05, 3.63) is 0 Å². The number of thioether (sulfide) groups is 1. The minimum Gasteiger partial charge on any atom is -0.316 e. The molecule has 0 aromatic heterocycles. The molecule has 0 aromatic carbocycles. The van der Waals surface area contributed by atoms with Gasteiger partial charge in [-0.3, -0.25) is 0 Å². The number of nitrogens with one attached hydrogen (secondary N) is 1. The second kappa shape index (κ2) is 5.28. The van der Waals surface area contributed by atoms with Crippen molar-refractivity contribution in [1.82, 2.24) is 10.2 Å². The second-order valence-electron chi connectivity index (χ2n) is 6.05. The van der Waals surface area contributed by atoms with Gasteiger partial charge in [0.1, 0.15) is 0 Å². The zero-order valence-corrected chi connectivity index (χ0v) is 11.8. The smallest absolute Gasteiger partial charge is 0.0116 e. The lowest BCUT2D eigenvalue weighted by Gasteiger charge is -2.35. The first kappa shape index (κ1) is 12.7. The number of nitrogens with zero attached hydrogens (tertiary/aromatic N) is 1. The van der Waals surface area contributed by atoms with Crippen LogP contribution >= 0.6 is 11.8 Å². The highest BCUT2D eigenvalue weighted by molar-refractivity contribution is 8.00. The van der Waals surface area contributed by atoms with E-state index in [1.54, 1.807) is 0 Å². The summed E-state index contributed by atoms with van der Waals surface area (Å²) in [4.78, 5) is 2.69. The molecular weight excluding hydrogens is 216 g/mol. The van der Waals surface area contributed by atoms with Crippen LogP contribution in [0.15, 0.2) is 0 Å². The van der Waals surface area contributed by atoms with Crippen molar-refractivity contribution in [1.29, 1.82) is 0 Å². The molecule has 0 aliphatic carbocycles. The van der Waals surface area contributed by atoms with Gasteiger partial charge in [0.05, 0.1) is 0 Å². The Labute approximate surface area is 105 Å². The first-order valence-corrected chi connectivity index (χ1v) is 7.62. The minimum atomic E-state index is 0.496. The van der Waals surface area contributed by atoms with Gasteiger partial charge in [-0.15, -0.1) is 0 Å². The number of hydrogen-bond acceptors (Lipinski definition) is 3. The monoisotopic (exact) mass is 242 g/mol. The van der Waals surface area contributed by atoms with Crippen molar-refractivity contribution in [3.8, 4) is 0 Å². The second-order valence-corrected chi connectivity index (χ2v) is 7.86. The van der Waals surface area contributed by atoms with Gasteiger partial charge in [0, 0.05) is 23.6 Å². The maximum atomic E-state index is 3.38. The average Bonchev–Trinajstić information content (AvgIpc) is 2.25. The van der Waals surface area contributed by atoms with Gasteiger partial charge in [0.25, 0.3) is 0 Å². The molecule has 2 aliphatic heterocycles. The fourth-order valence-corrected chi connectivity index (χ4v) is 3.65. The lowest BCUT2D eigenvalue weighted by atomic mass is 9.88. The predicted molar refractivity (Wildman–Crippen MR) is 73.1 cm³/mol. The Morgan fingerprint density at radius 3 is 2.75 bits per heavy atom. The van der Waals surface area contributed by atoms with E-state index in [0.29, 0.717) is 4.75 Å². The van der Waals surface area contributed by atoms with Crippen molar-refractivity contribution < 1.29 is 0 Å². The van der Waals surface area contributed by atoms with Gasteiger partial charge in [-0.1, -0.05) is 20.8 Å². The fraction of sp³-hybridized carbons (Fsp3) is 1.00. The Bertz CT molecular complexity index is 226. The van der Waals surface area contributed by atoms with E-state index in [9.17, 15) is 0 Å². The Hall–Kier alpha value is 0.270. The third-order valence-electron chi connectivity index (χ3n) is 4.09. The van der Waals surface area contributed by atoms with Crippen LogP contribution in [0.4, 0.5) is 0 Å². The van der Waals surface area contributed by atoms with Crippen LogP contribution in [0.5, 0.6) is 0 Å². The van der Waals surface area contributed by atoms with Gasteiger partial charge in [-0.2, -0.15) is 11.8 Å². The third-order valence-corrected chi connectivity index (χ3v) is 5.47. The van der Waals surface area contributed by atoms with E-state index in [0.717, 1.165) is 11.8 Å². The SMILES string of the molecule is CC(CN1CCSC(C)(C)CC1)C1CNC1. The van der Waals surface area contributed by atoms with E-state index in [2.05, 4.69) is 42.7 Å². The molecule has 0 aromatic rings. The lowest BCUT2D eigenvalue weighted by Crippen LogP contribution is -2.48. The molecule has 2 saturated heterocycles. The summed E-state index contributed by atoms with van der Waals surface area (Å²) < 4.78 is 0.496. The van der Waals surface area contributed by atoms with Gasteiger partial charge in [0.15, 0.2) is 0 Å². The lowest BCUT2D eigenvalue weighted by molar-refractivity contribution is 0.170. The molecule has 2 nitrogen and oxygen atoms in total. The van der Waals surface area contributed by atoms with Crippen LogP contribution in [0, 0.1) is 11.8 Å². The molecule has 94 valence electrons. The molecule has 16 heavy (non-hydrogen) atoms. The standard InChI is InChI=1S/C13H26N2S/c1-11(12-8-14-9-12)10-15-5-4-13(2,3)16-7-6-15/h11-12,14H,4-10H2,1-3H3. The zero-order chi connectivity index (χ0) is 11.6. The maximum Gasteiger partial charge on any atom is 0.0116 e. The van der Waals surface area contributed by atoms with E-state index in [1.165, 1.54) is 44.9 Å². The summed E-state index contributed by atoms with van der Waals surface area (Å²) in [6.07, 6.45) is 1.34. The molecule has 0 bridgehead atoms. The first-order valence-electron chi connectivity index (χ1n) is 6.64. The third kappa shape index (κ3) is 3.38. The first-order chi connectivity index (χ1) is 7.57. The van der Waals surface area contributed by atoms with Crippen LogP contribution in [-0.2, 0) is 0 Å². The van der Waals surface area contributed by atoms with Gasteiger partial charge in [0.2, 0.25) is 0 Å². The van der Waals surface area contributed by atoms with Crippen molar-refractivity contribution in [3.63, 3.8) is 0 Å². The van der Waals surface area contributed by atoms with Crippen LogP contribution in [0.3, 0.4) is 0 Å². The summed E-state index contributed by atoms with van der Waals surface area (Å²) in [5.74, 6) is 3.11. The quantitative estimate of drug-likeness (QED) is 0.815. The maximum absolute atomic E-state index is 3.38. The molecule has 2 heterocycles. The van der Waals surface area contributed by atoms with Gasteiger partial charge in [-0.05, 0) is 37.9 Å². The Balaban J connectivity index is 1.76. The number of hydrogen-bond donors (Lipinski definition) is 1. The molecule has 0 spiro atoms.